The van der Waals surface area contributed by atoms with Gasteiger partial charge in [-0.3, -0.25) is 19.7 Å². The highest BCUT2D eigenvalue weighted by Gasteiger charge is 2.15. The van der Waals surface area contributed by atoms with Crippen LogP contribution in [0.1, 0.15) is 28.0 Å². The van der Waals surface area contributed by atoms with Gasteiger partial charge in [-0.25, -0.2) is 0 Å². The lowest BCUT2D eigenvalue weighted by Gasteiger charge is -2.15. The molecule has 3 N–H and O–H groups in total. The van der Waals surface area contributed by atoms with Gasteiger partial charge in [-0.1, -0.05) is 29.8 Å². The Hall–Kier alpha value is -3.54. The van der Waals surface area contributed by atoms with Crippen LogP contribution in [0, 0.1) is 6.92 Å². The average molecular weight is 364 g/mol. The highest BCUT2D eigenvalue weighted by Crippen LogP contribution is 2.23. The van der Waals surface area contributed by atoms with E-state index in [4.69, 9.17) is 5.11 Å². The van der Waals surface area contributed by atoms with Crippen molar-refractivity contribution in [3.63, 3.8) is 0 Å². The van der Waals surface area contributed by atoms with E-state index in [0.717, 1.165) is 16.8 Å². The Balaban J connectivity index is 1.95. The van der Waals surface area contributed by atoms with Crippen LogP contribution in [0.15, 0.2) is 60.7 Å². The molecule has 0 bridgehead atoms. The second-order valence-corrected chi connectivity index (χ2v) is 6.29. The molecule has 1 aromatic heterocycles. The molecule has 1 amide bonds. The SMILES string of the molecule is Cc1ccc(-c2ccc(CCC(=O)O)n2NC(=O)c2ccc(O)cc2)cc1. The minimum atomic E-state index is -0.899. The van der Waals surface area contributed by atoms with Crippen LogP contribution < -0.4 is 5.43 Å². The predicted molar refractivity (Wildman–Crippen MR) is 102 cm³/mol. The molecule has 2 aromatic carbocycles. The molecule has 0 aliphatic heterocycles. The summed E-state index contributed by atoms with van der Waals surface area (Å²) < 4.78 is 1.63. The number of amides is 1. The van der Waals surface area contributed by atoms with Crippen molar-refractivity contribution in [1.82, 2.24) is 4.68 Å². The maximum Gasteiger partial charge on any atom is 0.303 e. The molecular weight excluding hydrogens is 344 g/mol. The fourth-order valence-corrected chi connectivity index (χ4v) is 2.77. The molecule has 0 aliphatic rings. The number of hydrogen-bond acceptors (Lipinski definition) is 3. The largest absolute Gasteiger partial charge is 0.508 e. The number of carboxylic acid groups (broad SMARTS) is 1. The Morgan fingerprint density at radius 3 is 2.26 bits per heavy atom. The highest BCUT2D eigenvalue weighted by molar-refractivity contribution is 6.00. The first-order valence-corrected chi connectivity index (χ1v) is 8.54. The lowest BCUT2D eigenvalue weighted by molar-refractivity contribution is -0.136. The predicted octanol–water partition coefficient (Wildman–Crippen LogP) is 3.57. The number of nitrogens with one attached hydrogen (secondary N) is 1. The molecule has 0 unspecified atom stereocenters. The first kappa shape index (κ1) is 18.3. The minimum absolute atomic E-state index is 0.0353. The van der Waals surface area contributed by atoms with Gasteiger partial charge in [-0.15, -0.1) is 0 Å². The molecule has 0 saturated heterocycles. The van der Waals surface area contributed by atoms with Crippen LogP contribution in [0.5, 0.6) is 5.75 Å². The molecule has 0 spiro atoms. The molecule has 0 atom stereocenters. The number of hydrogen-bond donors (Lipinski definition) is 3. The molecule has 6 heteroatoms. The molecule has 0 aliphatic carbocycles. The molecule has 3 rings (SSSR count). The number of rotatable bonds is 6. The van der Waals surface area contributed by atoms with Crippen molar-refractivity contribution in [2.75, 3.05) is 5.43 Å². The number of phenolic OH excluding ortho intramolecular Hbond substituents is 1. The van der Waals surface area contributed by atoms with E-state index in [9.17, 15) is 14.7 Å². The summed E-state index contributed by atoms with van der Waals surface area (Å²) >= 11 is 0. The summed E-state index contributed by atoms with van der Waals surface area (Å²) in [7, 11) is 0. The van der Waals surface area contributed by atoms with Gasteiger partial charge < -0.3 is 10.2 Å². The number of carbonyl (C=O) groups excluding carboxylic acids is 1. The van der Waals surface area contributed by atoms with Gasteiger partial charge in [0.25, 0.3) is 5.91 Å². The van der Waals surface area contributed by atoms with E-state index in [0.29, 0.717) is 11.3 Å². The smallest absolute Gasteiger partial charge is 0.303 e. The molecular formula is C21H20N2O4. The van der Waals surface area contributed by atoms with Gasteiger partial charge in [0.2, 0.25) is 0 Å². The Kier molecular flexibility index (Phi) is 5.26. The maximum atomic E-state index is 12.6. The van der Waals surface area contributed by atoms with Crippen molar-refractivity contribution >= 4 is 11.9 Å². The van der Waals surface area contributed by atoms with Gasteiger partial charge in [0.1, 0.15) is 5.75 Å². The number of phenols is 1. The van der Waals surface area contributed by atoms with E-state index in [2.05, 4.69) is 5.43 Å². The summed E-state index contributed by atoms with van der Waals surface area (Å²) in [6.45, 7) is 1.99. The normalized spacial score (nSPS) is 10.6. The maximum absolute atomic E-state index is 12.6. The topological polar surface area (TPSA) is 91.6 Å². The second kappa shape index (κ2) is 7.78. The third-order valence-corrected chi connectivity index (χ3v) is 4.25. The van der Waals surface area contributed by atoms with Crippen LogP contribution in [0.3, 0.4) is 0 Å². The number of aryl methyl sites for hydroxylation is 2. The number of aromatic hydroxyl groups is 1. The third-order valence-electron chi connectivity index (χ3n) is 4.25. The average Bonchev–Trinajstić information content (AvgIpc) is 3.03. The van der Waals surface area contributed by atoms with Crippen molar-refractivity contribution in [3.05, 3.63) is 77.5 Å². The van der Waals surface area contributed by atoms with Crippen molar-refractivity contribution in [3.8, 4) is 17.0 Å². The van der Waals surface area contributed by atoms with Gasteiger partial charge in [-0.2, -0.15) is 0 Å². The summed E-state index contributed by atoms with van der Waals surface area (Å²) in [5, 5.41) is 18.4. The van der Waals surface area contributed by atoms with E-state index < -0.39 is 5.97 Å². The first-order valence-electron chi connectivity index (χ1n) is 8.54. The van der Waals surface area contributed by atoms with E-state index in [-0.39, 0.29) is 24.5 Å². The van der Waals surface area contributed by atoms with Gasteiger partial charge >= 0.3 is 5.97 Å². The first-order chi connectivity index (χ1) is 12.9. The summed E-state index contributed by atoms with van der Waals surface area (Å²) in [6, 6.07) is 17.5. The van der Waals surface area contributed by atoms with Crippen LogP contribution in [0.2, 0.25) is 0 Å². The van der Waals surface area contributed by atoms with Crippen molar-refractivity contribution in [2.45, 2.75) is 19.8 Å². The number of benzene rings is 2. The lowest BCUT2D eigenvalue weighted by Crippen LogP contribution is -2.25. The summed E-state index contributed by atoms with van der Waals surface area (Å²) in [4.78, 5) is 23.6. The Labute approximate surface area is 156 Å². The fourth-order valence-electron chi connectivity index (χ4n) is 2.77. The molecule has 6 nitrogen and oxygen atoms in total. The molecule has 0 fully saturated rings. The van der Waals surface area contributed by atoms with Crippen LogP contribution in [-0.4, -0.2) is 26.8 Å². The Bertz CT molecular complexity index is 957. The molecule has 27 heavy (non-hydrogen) atoms. The zero-order valence-corrected chi connectivity index (χ0v) is 14.8. The third kappa shape index (κ3) is 4.36. The van der Waals surface area contributed by atoms with Crippen LogP contribution in [0.4, 0.5) is 0 Å². The molecule has 0 radical (unpaired) electrons. The number of carboxylic acids is 1. The standard InChI is InChI=1S/C21H20N2O4/c1-14-2-4-15(5-3-14)19-12-8-17(9-13-20(25)26)23(19)22-21(27)16-6-10-18(24)11-7-16/h2-8,10-12,24H,9,13H2,1H3,(H,22,27)(H,25,26). The molecule has 0 saturated carbocycles. The van der Waals surface area contributed by atoms with E-state index >= 15 is 0 Å². The summed E-state index contributed by atoms with van der Waals surface area (Å²) in [6.07, 6.45) is 0.253. The number of nitrogens with zero attached hydrogens (tertiary/aromatic N) is 1. The number of carbonyl (C=O) groups is 2. The van der Waals surface area contributed by atoms with Gasteiger partial charge in [-0.05, 0) is 43.3 Å². The quantitative estimate of drug-likeness (QED) is 0.623. The van der Waals surface area contributed by atoms with Gasteiger partial charge in [0.15, 0.2) is 0 Å². The van der Waals surface area contributed by atoms with Crippen molar-refractivity contribution in [1.29, 1.82) is 0 Å². The van der Waals surface area contributed by atoms with Gasteiger partial charge in [0.05, 0.1) is 12.1 Å². The second-order valence-electron chi connectivity index (χ2n) is 6.29. The van der Waals surface area contributed by atoms with Crippen LogP contribution >= 0.6 is 0 Å². The zero-order valence-electron chi connectivity index (χ0n) is 14.8. The van der Waals surface area contributed by atoms with E-state index in [1.54, 1.807) is 4.68 Å². The molecule has 1 heterocycles. The van der Waals surface area contributed by atoms with Crippen molar-refractivity contribution in [2.24, 2.45) is 0 Å². The van der Waals surface area contributed by atoms with Crippen LogP contribution in [0.25, 0.3) is 11.3 Å². The molecule has 138 valence electrons. The van der Waals surface area contributed by atoms with E-state index in [1.165, 1.54) is 24.3 Å². The lowest BCUT2D eigenvalue weighted by atomic mass is 10.1. The minimum Gasteiger partial charge on any atom is -0.508 e. The highest BCUT2D eigenvalue weighted by atomic mass is 16.4. The Morgan fingerprint density at radius 2 is 1.63 bits per heavy atom. The van der Waals surface area contributed by atoms with Crippen molar-refractivity contribution < 1.29 is 19.8 Å². The monoisotopic (exact) mass is 364 g/mol. The number of aromatic nitrogens is 1. The zero-order chi connectivity index (χ0) is 19.4. The van der Waals surface area contributed by atoms with Gasteiger partial charge in [0, 0.05) is 23.2 Å². The molecule has 3 aromatic rings. The Morgan fingerprint density at radius 1 is 0.963 bits per heavy atom. The number of aliphatic carboxylic acids is 1. The van der Waals surface area contributed by atoms with Crippen LogP contribution in [-0.2, 0) is 11.2 Å². The van der Waals surface area contributed by atoms with E-state index in [1.807, 2.05) is 43.3 Å². The summed E-state index contributed by atoms with van der Waals surface area (Å²) in [5.74, 6) is -1.17. The fraction of sp³-hybridized carbons (Fsp3) is 0.143. The summed E-state index contributed by atoms with van der Waals surface area (Å²) in [5.41, 5.74) is 6.72.